The van der Waals surface area contributed by atoms with Crippen LogP contribution in [0.4, 0.5) is 0 Å². The maximum atomic E-state index is 10.7. The van der Waals surface area contributed by atoms with Crippen molar-refractivity contribution in [3.63, 3.8) is 0 Å². The van der Waals surface area contributed by atoms with Crippen LogP contribution in [-0.2, 0) is 4.57 Å². The van der Waals surface area contributed by atoms with Crippen molar-refractivity contribution in [1.82, 2.24) is 0 Å². The summed E-state index contributed by atoms with van der Waals surface area (Å²) >= 11 is 0. The molecule has 0 saturated carbocycles. The molecular formula is C6H16NO3P. The largest absolute Gasteiger partial charge is 0.330 e. The Morgan fingerprint density at radius 2 is 2.09 bits per heavy atom. The first-order valence-electron chi connectivity index (χ1n) is 3.77. The highest BCUT2D eigenvalue weighted by Gasteiger charge is 2.25. The average Bonchev–Trinajstić information content (AvgIpc) is 1.87. The van der Waals surface area contributed by atoms with Crippen LogP contribution in [0.25, 0.3) is 0 Å². The highest BCUT2D eigenvalue weighted by molar-refractivity contribution is 7.52. The lowest BCUT2D eigenvalue weighted by Gasteiger charge is -2.15. The number of rotatable bonds is 5. The van der Waals surface area contributed by atoms with E-state index in [0.717, 1.165) is 12.8 Å². The first-order chi connectivity index (χ1) is 5.02. The predicted octanol–water partition coefficient (Wildman–Crippen LogP) is 0.682. The van der Waals surface area contributed by atoms with Gasteiger partial charge >= 0.3 is 7.60 Å². The molecule has 0 rings (SSSR count). The summed E-state index contributed by atoms with van der Waals surface area (Å²) in [7, 11) is -3.93. The molecule has 0 heterocycles. The van der Waals surface area contributed by atoms with E-state index in [1.165, 1.54) is 0 Å². The minimum Gasteiger partial charge on any atom is -0.330 e. The van der Waals surface area contributed by atoms with Gasteiger partial charge in [-0.3, -0.25) is 4.57 Å². The van der Waals surface area contributed by atoms with Crippen molar-refractivity contribution in [2.24, 2.45) is 5.73 Å². The molecule has 0 radical (unpaired) electrons. The molecule has 68 valence electrons. The van der Waals surface area contributed by atoms with Crippen molar-refractivity contribution in [2.75, 3.05) is 6.54 Å². The number of hydrogen-bond donors (Lipinski definition) is 3. The molecular weight excluding hydrogens is 165 g/mol. The van der Waals surface area contributed by atoms with Crippen molar-refractivity contribution < 1.29 is 14.4 Å². The van der Waals surface area contributed by atoms with Gasteiger partial charge in [0.25, 0.3) is 0 Å². The summed E-state index contributed by atoms with van der Waals surface area (Å²) in [5, 5.41) is 0. The summed E-state index contributed by atoms with van der Waals surface area (Å²) in [4.78, 5) is 17.5. The third-order valence-corrected chi connectivity index (χ3v) is 3.06. The second kappa shape index (κ2) is 4.88. The Bertz CT molecular complexity index is 145. The summed E-state index contributed by atoms with van der Waals surface area (Å²) in [6.45, 7) is 2.05. The molecule has 0 bridgehead atoms. The van der Waals surface area contributed by atoms with E-state index in [-0.39, 0.29) is 6.54 Å². The van der Waals surface area contributed by atoms with Gasteiger partial charge in [0.05, 0.1) is 5.66 Å². The fraction of sp³-hybridized carbons (Fsp3) is 1.00. The van der Waals surface area contributed by atoms with Gasteiger partial charge in [0, 0.05) is 6.54 Å². The lowest BCUT2D eigenvalue weighted by atomic mass is 10.2. The van der Waals surface area contributed by atoms with E-state index in [4.69, 9.17) is 15.5 Å². The van der Waals surface area contributed by atoms with Crippen molar-refractivity contribution in [3.8, 4) is 0 Å². The lowest BCUT2D eigenvalue weighted by molar-refractivity contribution is 0.353. The molecule has 0 spiro atoms. The average molecular weight is 181 g/mol. The van der Waals surface area contributed by atoms with Gasteiger partial charge in [-0.1, -0.05) is 19.8 Å². The number of unbranched alkanes of at least 4 members (excludes halogenated alkanes) is 1. The van der Waals surface area contributed by atoms with Crippen LogP contribution in [0.5, 0.6) is 0 Å². The molecule has 5 heteroatoms. The quantitative estimate of drug-likeness (QED) is 0.544. The minimum atomic E-state index is -3.93. The molecule has 0 aromatic carbocycles. The summed E-state index contributed by atoms with van der Waals surface area (Å²) in [6.07, 6.45) is 2.29. The van der Waals surface area contributed by atoms with E-state index in [1.54, 1.807) is 0 Å². The molecule has 0 aliphatic carbocycles. The van der Waals surface area contributed by atoms with E-state index in [2.05, 4.69) is 0 Å². The van der Waals surface area contributed by atoms with Crippen molar-refractivity contribution in [1.29, 1.82) is 0 Å². The topological polar surface area (TPSA) is 83.6 Å². The maximum absolute atomic E-state index is 10.7. The molecule has 0 aliphatic rings. The van der Waals surface area contributed by atoms with E-state index >= 15 is 0 Å². The van der Waals surface area contributed by atoms with Crippen molar-refractivity contribution in [2.45, 2.75) is 31.8 Å². The van der Waals surface area contributed by atoms with Crippen LogP contribution < -0.4 is 5.73 Å². The monoisotopic (exact) mass is 181 g/mol. The molecule has 0 aromatic rings. The predicted molar refractivity (Wildman–Crippen MR) is 44.4 cm³/mol. The molecule has 0 fully saturated rings. The van der Waals surface area contributed by atoms with Crippen LogP contribution in [0.15, 0.2) is 0 Å². The van der Waals surface area contributed by atoms with Crippen molar-refractivity contribution >= 4 is 7.60 Å². The van der Waals surface area contributed by atoms with Gasteiger partial charge < -0.3 is 15.5 Å². The molecule has 1 atom stereocenters. The Balaban J connectivity index is 3.86. The third kappa shape index (κ3) is 4.53. The number of nitrogens with two attached hydrogens (primary N) is 1. The zero-order valence-electron chi connectivity index (χ0n) is 6.73. The molecule has 0 saturated heterocycles. The van der Waals surface area contributed by atoms with Gasteiger partial charge in [-0.25, -0.2) is 0 Å². The zero-order valence-corrected chi connectivity index (χ0v) is 7.63. The van der Waals surface area contributed by atoms with Gasteiger partial charge in [-0.05, 0) is 6.42 Å². The van der Waals surface area contributed by atoms with Crippen molar-refractivity contribution in [3.05, 3.63) is 0 Å². The van der Waals surface area contributed by atoms with Crippen LogP contribution in [0.2, 0.25) is 0 Å². The van der Waals surface area contributed by atoms with E-state index in [0.29, 0.717) is 6.42 Å². The Hall–Kier alpha value is 0.110. The fourth-order valence-corrected chi connectivity index (χ4v) is 1.66. The highest BCUT2D eigenvalue weighted by Crippen LogP contribution is 2.42. The molecule has 4 N–H and O–H groups in total. The third-order valence-electron chi connectivity index (χ3n) is 1.64. The Morgan fingerprint density at radius 3 is 2.36 bits per heavy atom. The SMILES string of the molecule is CCCC[C@@H](CN)P(=O)(O)O. The Kier molecular flexibility index (Phi) is 4.93. The summed E-state index contributed by atoms with van der Waals surface area (Å²) < 4.78 is 10.7. The minimum absolute atomic E-state index is 0.0737. The van der Waals surface area contributed by atoms with E-state index in [9.17, 15) is 4.57 Å². The van der Waals surface area contributed by atoms with Gasteiger partial charge in [0.15, 0.2) is 0 Å². The summed E-state index contributed by atoms with van der Waals surface area (Å²) in [6, 6.07) is 0. The molecule has 0 aliphatic heterocycles. The summed E-state index contributed by atoms with van der Waals surface area (Å²) in [5.41, 5.74) is 4.57. The van der Waals surface area contributed by atoms with Crippen LogP contribution in [0.3, 0.4) is 0 Å². The first-order valence-corrected chi connectivity index (χ1v) is 5.45. The zero-order chi connectivity index (χ0) is 8.91. The smallest absolute Gasteiger partial charge is 0.329 e. The summed E-state index contributed by atoms with van der Waals surface area (Å²) in [5.74, 6) is 0. The highest BCUT2D eigenvalue weighted by atomic mass is 31.2. The Labute approximate surface area is 67.0 Å². The molecule has 0 amide bonds. The standard InChI is InChI=1S/C6H16NO3P/c1-2-3-4-6(5-7)11(8,9)10/h6H,2-5,7H2,1H3,(H2,8,9,10)/t6-/m0/s1. The number of hydrogen-bond acceptors (Lipinski definition) is 2. The Morgan fingerprint density at radius 1 is 1.55 bits per heavy atom. The first kappa shape index (κ1) is 11.1. The van der Waals surface area contributed by atoms with Gasteiger partial charge in [0.1, 0.15) is 0 Å². The molecule has 11 heavy (non-hydrogen) atoms. The second-order valence-corrected chi connectivity index (χ2v) is 4.53. The van der Waals surface area contributed by atoms with Gasteiger partial charge in [0.2, 0.25) is 0 Å². The van der Waals surface area contributed by atoms with E-state index < -0.39 is 13.3 Å². The second-order valence-electron chi connectivity index (χ2n) is 2.62. The molecule has 0 unspecified atom stereocenters. The van der Waals surface area contributed by atoms with Gasteiger partial charge in [-0.2, -0.15) is 0 Å². The van der Waals surface area contributed by atoms with Crippen LogP contribution in [0.1, 0.15) is 26.2 Å². The maximum Gasteiger partial charge on any atom is 0.329 e. The van der Waals surface area contributed by atoms with Crippen LogP contribution >= 0.6 is 7.60 Å². The molecule has 0 aromatic heterocycles. The fourth-order valence-electron chi connectivity index (χ4n) is 0.863. The van der Waals surface area contributed by atoms with Gasteiger partial charge in [-0.15, -0.1) is 0 Å². The van der Waals surface area contributed by atoms with Crippen LogP contribution in [0, 0.1) is 0 Å². The lowest BCUT2D eigenvalue weighted by Crippen LogP contribution is -2.20. The van der Waals surface area contributed by atoms with Crippen LogP contribution in [-0.4, -0.2) is 22.0 Å². The molecule has 4 nitrogen and oxygen atoms in total. The van der Waals surface area contributed by atoms with E-state index in [1.807, 2.05) is 6.92 Å². The normalized spacial score (nSPS) is 14.9.